The number of benzene rings is 2. The number of aliphatic hydroxyl groups is 1. The second-order valence-electron chi connectivity index (χ2n) is 10.4. The number of phenolic OH excluding ortho intramolecular Hbond substituents is 1. The van der Waals surface area contributed by atoms with Crippen LogP contribution < -0.4 is 9.47 Å². The van der Waals surface area contributed by atoms with Crippen molar-refractivity contribution in [3.05, 3.63) is 58.7 Å². The maximum atomic E-state index is 13.4. The third-order valence-electron chi connectivity index (χ3n) is 7.07. The van der Waals surface area contributed by atoms with Crippen molar-refractivity contribution in [1.29, 1.82) is 0 Å². The zero-order chi connectivity index (χ0) is 28.1. The summed E-state index contributed by atoms with van der Waals surface area (Å²) in [7, 11) is 1.43. The lowest BCUT2D eigenvalue weighted by Gasteiger charge is -2.29. The van der Waals surface area contributed by atoms with Gasteiger partial charge in [-0.05, 0) is 60.7 Å². The lowest BCUT2D eigenvalue weighted by atomic mass is 9.93. The Morgan fingerprint density at radius 3 is 2.51 bits per heavy atom. The van der Waals surface area contributed by atoms with Crippen molar-refractivity contribution in [2.45, 2.75) is 33.2 Å². The van der Waals surface area contributed by atoms with Crippen molar-refractivity contribution >= 4 is 17.4 Å². The van der Waals surface area contributed by atoms with Crippen LogP contribution in [-0.2, 0) is 14.3 Å². The molecular weight excluding hydrogens is 500 g/mol. The van der Waals surface area contributed by atoms with Crippen molar-refractivity contribution in [2.24, 2.45) is 5.92 Å². The molecule has 2 aliphatic rings. The number of amides is 1. The largest absolute Gasteiger partial charge is 0.507 e. The summed E-state index contributed by atoms with van der Waals surface area (Å²) in [5.74, 6) is -0.455. The first kappa shape index (κ1) is 28.4. The van der Waals surface area contributed by atoms with Crippen LogP contribution in [-0.4, -0.2) is 84.8 Å². The first-order valence-corrected chi connectivity index (χ1v) is 13.4. The number of nitrogens with zero attached hydrogens (tertiary/aromatic N) is 2. The quantitative estimate of drug-likeness (QED) is 0.267. The smallest absolute Gasteiger partial charge is 0.295 e. The number of phenols is 1. The molecule has 9 heteroatoms. The van der Waals surface area contributed by atoms with Crippen molar-refractivity contribution in [2.75, 3.05) is 53.1 Å². The molecule has 1 atom stereocenters. The molecule has 0 radical (unpaired) electrons. The van der Waals surface area contributed by atoms with Crippen LogP contribution in [0.5, 0.6) is 17.2 Å². The molecule has 2 N–H and O–H groups in total. The second kappa shape index (κ2) is 12.5. The van der Waals surface area contributed by atoms with Crippen LogP contribution in [0.25, 0.3) is 5.76 Å². The van der Waals surface area contributed by atoms with Crippen LogP contribution >= 0.6 is 0 Å². The number of methoxy groups -OCH3 is 1. The summed E-state index contributed by atoms with van der Waals surface area (Å²) in [6.45, 7) is 10.6. The van der Waals surface area contributed by atoms with Gasteiger partial charge < -0.3 is 29.3 Å². The normalized spacial score (nSPS) is 19.6. The number of carbonyl (C=O) groups is 2. The van der Waals surface area contributed by atoms with E-state index in [1.807, 2.05) is 13.0 Å². The number of carbonyl (C=O) groups excluding carboxylic acids is 2. The molecule has 2 fully saturated rings. The third kappa shape index (κ3) is 6.37. The van der Waals surface area contributed by atoms with Gasteiger partial charge in [0.05, 0.1) is 38.5 Å². The molecular formula is C30H38N2O7. The number of Topliss-reactive ketones (excluding diaryl/α,β-unsaturated/α-hetero) is 1. The highest BCUT2D eigenvalue weighted by Gasteiger charge is 2.46. The molecule has 2 saturated heterocycles. The summed E-state index contributed by atoms with van der Waals surface area (Å²) in [6.07, 6.45) is 0.652. The van der Waals surface area contributed by atoms with E-state index in [4.69, 9.17) is 14.2 Å². The van der Waals surface area contributed by atoms with E-state index >= 15 is 0 Å². The number of aryl methyl sites for hydroxylation is 1. The first-order valence-electron chi connectivity index (χ1n) is 13.4. The van der Waals surface area contributed by atoms with Gasteiger partial charge in [0.1, 0.15) is 11.5 Å². The summed E-state index contributed by atoms with van der Waals surface area (Å²) in [5.41, 5.74) is 1.74. The molecule has 210 valence electrons. The zero-order valence-corrected chi connectivity index (χ0v) is 23.1. The molecule has 0 aromatic heterocycles. The van der Waals surface area contributed by atoms with E-state index in [9.17, 15) is 19.8 Å². The van der Waals surface area contributed by atoms with E-state index in [2.05, 4.69) is 18.7 Å². The minimum atomic E-state index is -0.833. The molecule has 1 amide bonds. The minimum Gasteiger partial charge on any atom is -0.507 e. The Balaban J connectivity index is 1.70. The van der Waals surface area contributed by atoms with Gasteiger partial charge in [0.2, 0.25) is 0 Å². The number of ketones is 1. The number of morpholine rings is 1. The lowest BCUT2D eigenvalue weighted by Crippen LogP contribution is -2.38. The molecule has 39 heavy (non-hydrogen) atoms. The van der Waals surface area contributed by atoms with Gasteiger partial charge in [0.25, 0.3) is 11.7 Å². The molecule has 9 nitrogen and oxygen atoms in total. The number of ether oxygens (including phenoxy) is 3. The Kier molecular flexibility index (Phi) is 9.14. The highest BCUT2D eigenvalue weighted by atomic mass is 16.5. The van der Waals surface area contributed by atoms with Gasteiger partial charge in [-0.25, -0.2) is 0 Å². The van der Waals surface area contributed by atoms with Gasteiger partial charge in [-0.3, -0.25) is 14.5 Å². The average Bonchev–Trinajstić information content (AvgIpc) is 3.17. The maximum Gasteiger partial charge on any atom is 0.295 e. The Morgan fingerprint density at radius 2 is 1.85 bits per heavy atom. The van der Waals surface area contributed by atoms with Crippen molar-refractivity contribution in [3.8, 4) is 17.2 Å². The van der Waals surface area contributed by atoms with E-state index in [0.717, 1.165) is 19.6 Å². The lowest BCUT2D eigenvalue weighted by molar-refractivity contribution is -0.140. The molecule has 0 saturated carbocycles. The molecule has 2 aromatic rings. The number of aliphatic hydroxyl groups excluding tert-OH is 1. The van der Waals surface area contributed by atoms with Gasteiger partial charge in [-0.15, -0.1) is 0 Å². The molecule has 0 spiro atoms. The highest BCUT2D eigenvalue weighted by Crippen LogP contribution is 2.42. The number of hydrogen-bond acceptors (Lipinski definition) is 8. The topological polar surface area (TPSA) is 109 Å². The van der Waals surface area contributed by atoms with E-state index in [1.54, 1.807) is 24.3 Å². The van der Waals surface area contributed by atoms with Crippen molar-refractivity contribution < 1.29 is 34.0 Å². The second-order valence-corrected chi connectivity index (χ2v) is 10.4. The Bertz CT molecular complexity index is 1230. The van der Waals surface area contributed by atoms with Crippen LogP contribution in [0.4, 0.5) is 0 Å². The van der Waals surface area contributed by atoms with Crippen molar-refractivity contribution in [1.82, 2.24) is 9.80 Å². The van der Waals surface area contributed by atoms with E-state index < -0.39 is 17.7 Å². The Morgan fingerprint density at radius 1 is 1.10 bits per heavy atom. The maximum absolute atomic E-state index is 13.4. The highest BCUT2D eigenvalue weighted by molar-refractivity contribution is 6.46. The third-order valence-corrected chi connectivity index (χ3v) is 7.07. The van der Waals surface area contributed by atoms with Crippen LogP contribution in [0, 0.1) is 12.8 Å². The molecule has 0 aliphatic carbocycles. The summed E-state index contributed by atoms with van der Waals surface area (Å²) in [4.78, 5) is 30.5. The van der Waals surface area contributed by atoms with Gasteiger partial charge in [-0.2, -0.15) is 0 Å². The fraction of sp³-hybridized carbons (Fsp3) is 0.467. The summed E-state index contributed by atoms with van der Waals surface area (Å²) in [5, 5.41) is 21.7. The number of rotatable bonds is 10. The molecule has 0 bridgehead atoms. The molecule has 2 aliphatic heterocycles. The van der Waals surface area contributed by atoms with Gasteiger partial charge >= 0.3 is 0 Å². The first-order chi connectivity index (χ1) is 18.7. The predicted octanol–water partition coefficient (Wildman–Crippen LogP) is 3.89. The minimum absolute atomic E-state index is 0.0121. The Hall–Kier alpha value is -3.56. The number of likely N-dealkylation sites (tertiary alicyclic amines) is 1. The predicted molar refractivity (Wildman–Crippen MR) is 147 cm³/mol. The number of hydrogen-bond donors (Lipinski definition) is 2. The van der Waals surface area contributed by atoms with Crippen LogP contribution in [0.1, 0.15) is 43.0 Å². The molecule has 4 rings (SSSR count). The van der Waals surface area contributed by atoms with Gasteiger partial charge in [-0.1, -0.05) is 19.9 Å². The molecule has 2 aromatic carbocycles. The fourth-order valence-electron chi connectivity index (χ4n) is 5.01. The van der Waals surface area contributed by atoms with Crippen molar-refractivity contribution in [3.63, 3.8) is 0 Å². The van der Waals surface area contributed by atoms with Crippen LogP contribution in [0.2, 0.25) is 0 Å². The standard InChI is InChI=1S/C30H38N2O7/c1-19(2)18-39-22-7-8-23(20(3)16-22)28(34)26-27(21-6-9-24(33)25(17-21)37-4)32(30(36)29(26)35)11-5-10-31-12-14-38-15-13-31/h6-9,16-17,19,27,33-34H,5,10-15,18H2,1-4H3/b28-26+/t27-/m1/s1. The molecule has 2 heterocycles. The fourth-order valence-corrected chi connectivity index (χ4v) is 5.01. The van der Waals surface area contributed by atoms with E-state index in [-0.39, 0.29) is 22.8 Å². The number of aromatic hydroxyl groups is 1. The summed E-state index contributed by atoms with van der Waals surface area (Å²) < 4.78 is 16.5. The molecule has 0 unspecified atom stereocenters. The monoisotopic (exact) mass is 538 g/mol. The summed E-state index contributed by atoms with van der Waals surface area (Å²) >= 11 is 0. The SMILES string of the molecule is COc1cc([C@@H]2/C(=C(\O)c3ccc(OCC(C)C)cc3C)C(=O)C(=O)N2CCCN2CCOCC2)ccc1O. The zero-order valence-electron chi connectivity index (χ0n) is 23.1. The van der Waals surface area contributed by atoms with Crippen LogP contribution in [0.3, 0.4) is 0 Å². The average molecular weight is 539 g/mol. The Labute approximate surface area is 229 Å². The van der Waals surface area contributed by atoms with Gasteiger partial charge in [0, 0.05) is 31.7 Å². The van der Waals surface area contributed by atoms with E-state index in [1.165, 1.54) is 18.1 Å². The summed E-state index contributed by atoms with van der Waals surface area (Å²) in [6, 6.07) is 9.15. The van der Waals surface area contributed by atoms with Gasteiger partial charge in [0.15, 0.2) is 11.5 Å². The van der Waals surface area contributed by atoms with Crippen LogP contribution in [0.15, 0.2) is 42.0 Å². The van der Waals surface area contributed by atoms with E-state index in [0.29, 0.717) is 61.1 Å².